The number of rotatable bonds is 4. The number of nitrogens with zero attached hydrogens (tertiary/aromatic N) is 4. The highest BCUT2D eigenvalue weighted by Crippen LogP contribution is 2.29. The minimum atomic E-state index is -4.67. The second-order valence-electron chi connectivity index (χ2n) is 5.80. The first kappa shape index (κ1) is 18.4. The summed E-state index contributed by atoms with van der Waals surface area (Å²) in [4.78, 5) is 0. The van der Waals surface area contributed by atoms with E-state index in [-0.39, 0.29) is 18.0 Å². The predicted molar refractivity (Wildman–Crippen MR) is 90.2 cm³/mol. The summed E-state index contributed by atoms with van der Waals surface area (Å²) >= 11 is 5.81. The second kappa shape index (κ2) is 6.73. The first-order valence-electron chi connectivity index (χ1n) is 7.65. The molecule has 26 heavy (non-hydrogen) atoms. The van der Waals surface area contributed by atoms with Gasteiger partial charge in [-0.05, 0) is 37.1 Å². The fourth-order valence-corrected chi connectivity index (χ4v) is 2.60. The van der Waals surface area contributed by atoms with Crippen molar-refractivity contribution in [3.63, 3.8) is 0 Å². The van der Waals surface area contributed by atoms with E-state index in [0.717, 1.165) is 0 Å². The van der Waals surface area contributed by atoms with Gasteiger partial charge in [0.25, 0.3) is 5.82 Å². The number of alkyl halides is 3. The minimum absolute atomic E-state index is 0.0404. The number of anilines is 1. The first-order valence-corrected chi connectivity index (χ1v) is 8.03. The molecule has 0 aliphatic heterocycles. The van der Waals surface area contributed by atoms with Crippen LogP contribution in [0.1, 0.15) is 28.6 Å². The van der Waals surface area contributed by atoms with Crippen molar-refractivity contribution in [1.82, 2.24) is 19.8 Å². The molecule has 2 heterocycles. The Balaban J connectivity index is 1.89. The molecule has 138 valence electrons. The summed E-state index contributed by atoms with van der Waals surface area (Å²) in [5, 5.41) is 24.4. The van der Waals surface area contributed by atoms with E-state index < -0.39 is 18.1 Å². The number of hydrogen-bond donors (Lipinski definition) is 2. The van der Waals surface area contributed by atoms with Crippen molar-refractivity contribution in [2.45, 2.75) is 26.1 Å². The maximum absolute atomic E-state index is 13.0. The SMILES string of the molecule is Cc1c(NCC(O)c2ccc(Cl)cc2)nn2c(C(F)(F)F)nnc2c1C. The number of aliphatic hydroxyl groups excluding tert-OH is 1. The zero-order valence-electron chi connectivity index (χ0n) is 13.8. The molecule has 0 saturated carbocycles. The molecule has 10 heteroatoms. The van der Waals surface area contributed by atoms with Gasteiger partial charge in [0.1, 0.15) is 5.82 Å². The van der Waals surface area contributed by atoms with Crippen LogP contribution in [0.3, 0.4) is 0 Å². The molecule has 0 fully saturated rings. The van der Waals surface area contributed by atoms with Crippen molar-refractivity contribution in [1.29, 1.82) is 0 Å². The Morgan fingerprint density at radius 3 is 2.42 bits per heavy atom. The number of aliphatic hydroxyl groups is 1. The third-order valence-corrected chi connectivity index (χ3v) is 4.32. The van der Waals surface area contributed by atoms with Gasteiger partial charge in [0.2, 0.25) is 0 Å². The highest BCUT2D eigenvalue weighted by atomic mass is 35.5. The van der Waals surface area contributed by atoms with Crippen LogP contribution in [-0.4, -0.2) is 31.5 Å². The van der Waals surface area contributed by atoms with Crippen LogP contribution in [0.15, 0.2) is 24.3 Å². The monoisotopic (exact) mass is 385 g/mol. The predicted octanol–water partition coefficient (Wildman–Crippen LogP) is 3.56. The number of halogens is 4. The Morgan fingerprint density at radius 2 is 1.81 bits per heavy atom. The Kier molecular flexibility index (Phi) is 4.76. The molecule has 2 N–H and O–H groups in total. The van der Waals surface area contributed by atoms with E-state index in [1.165, 1.54) is 0 Å². The van der Waals surface area contributed by atoms with Crippen LogP contribution in [0.5, 0.6) is 0 Å². The summed E-state index contributed by atoms with van der Waals surface area (Å²) in [6.07, 6.45) is -5.55. The van der Waals surface area contributed by atoms with Gasteiger partial charge in [-0.15, -0.1) is 15.3 Å². The average Bonchev–Trinajstić information content (AvgIpc) is 3.01. The van der Waals surface area contributed by atoms with Crippen molar-refractivity contribution in [2.75, 3.05) is 11.9 Å². The average molecular weight is 386 g/mol. The molecule has 1 unspecified atom stereocenters. The molecule has 0 spiro atoms. The molecule has 3 aromatic rings. The lowest BCUT2D eigenvalue weighted by Gasteiger charge is -2.16. The number of aromatic nitrogens is 4. The summed E-state index contributed by atoms with van der Waals surface area (Å²) in [5.41, 5.74) is 1.81. The lowest BCUT2D eigenvalue weighted by Crippen LogP contribution is -2.17. The van der Waals surface area contributed by atoms with E-state index >= 15 is 0 Å². The van der Waals surface area contributed by atoms with Crippen molar-refractivity contribution in [2.24, 2.45) is 0 Å². The van der Waals surface area contributed by atoms with Gasteiger partial charge in [-0.25, -0.2) is 0 Å². The molecule has 6 nitrogen and oxygen atoms in total. The van der Waals surface area contributed by atoms with E-state index in [2.05, 4.69) is 20.6 Å². The van der Waals surface area contributed by atoms with Crippen LogP contribution in [0.2, 0.25) is 5.02 Å². The molecule has 0 aliphatic carbocycles. The van der Waals surface area contributed by atoms with Gasteiger partial charge in [-0.2, -0.15) is 17.7 Å². The van der Waals surface area contributed by atoms with E-state index in [4.69, 9.17) is 11.6 Å². The van der Waals surface area contributed by atoms with Gasteiger partial charge in [0.15, 0.2) is 5.65 Å². The van der Waals surface area contributed by atoms with Crippen LogP contribution in [-0.2, 0) is 6.18 Å². The summed E-state index contributed by atoms with van der Waals surface area (Å²) in [7, 11) is 0. The zero-order chi connectivity index (χ0) is 19.1. The van der Waals surface area contributed by atoms with Crippen molar-refractivity contribution < 1.29 is 18.3 Å². The fourth-order valence-electron chi connectivity index (χ4n) is 2.47. The highest BCUT2D eigenvalue weighted by molar-refractivity contribution is 6.30. The summed E-state index contributed by atoms with van der Waals surface area (Å²) in [5.74, 6) is -0.981. The summed E-state index contributed by atoms with van der Waals surface area (Å²) in [6, 6.07) is 6.63. The van der Waals surface area contributed by atoms with Gasteiger partial charge in [-0.3, -0.25) is 0 Å². The molecule has 3 rings (SSSR count). The Morgan fingerprint density at radius 1 is 1.15 bits per heavy atom. The normalized spacial score (nSPS) is 13.2. The van der Waals surface area contributed by atoms with Crippen molar-refractivity contribution in [3.05, 3.63) is 51.8 Å². The maximum atomic E-state index is 13.0. The number of fused-ring (bicyclic) bond motifs is 1. The summed E-state index contributed by atoms with van der Waals surface area (Å²) < 4.78 is 39.8. The van der Waals surface area contributed by atoms with Crippen molar-refractivity contribution >= 4 is 23.1 Å². The Labute approximate surface area is 151 Å². The van der Waals surface area contributed by atoms with Crippen LogP contribution < -0.4 is 5.32 Å². The Bertz CT molecular complexity index is 940. The van der Waals surface area contributed by atoms with E-state index in [9.17, 15) is 18.3 Å². The molecule has 1 atom stereocenters. The van der Waals surface area contributed by atoms with Crippen molar-refractivity contribution in [3.8, 4) is 0 Å². The molecular weight excluding hydrogens is 371 g/mol. The lowest BCUT2D eigenvalue weighted by atomic mass is 10.1. The van der Waals surface area contributed by atoms with Crippen LogP contribution in [0.25, 0.3) is 5.65 Å². The number of aryl methyl sites for hydroxylation is 1. The topological polar surface area (TPSA) is 75.3 Å². The highest BCUT2D eigenvalue weighted by Gasteiger charge is 2.38. The van der Waals surface area contributed by atoms with Gasteiger partial charge in [0.05, 0.1) is 6.10 Å². The van der Waals surface area contributed by atoms with Crippen LogP contribution in [0.4, 0.5) is 19.0 Å². The Hall–Kier alpha value is -2.39. The zero-order valence-corrected chi connectivity index (χ0v) is 14.6. The van der Waals surface area contributed by atoms with Gasteiger partial charge >= 0.3 is 6.18 Å². The molecule has 0 amide bonds. The molecule has 1 aromatic carbocycles. The molecule has 0 saturated heterocycles. The molecule has 0 radical (unpaired) electrons. The molecule has 2 aromatic heterocycles. The smallest absolute Gasteiger partial charge is 0.387 e. The molecular formula is C16H15ClF3N5O. The minimum Gasteiger partial charge on any atom is -0.387 e. The lowest BCUT2D eigenvalue weighted by molar-refractivity contribution is -0.146. The number of benzene rings is 1. The largest absolute Gasteiger partial charge is 0.453 e. The van der Waals surface area contributed by atoms with E-state index in [1.54, 1.807) is 38.1 Å². The third-order valence-electron chi connectivity index (χ3n) is 4.06. The second-order valence-corrected chi connectivity index (χ2v) is 6.24. The molecule has 0 bridgehead atoms. The number of nitrogens with one attached hydrogen (secondary N) is 1. The quantitative estimate of drug-likeness (QED) is 0.718. The fraction of sp³-hybridized carbons (Fsp3) is 0.312. The number of hydrogen-bond acceptors (Lipinski definition) is 5. The van der Waals surface area contributed by atoms with Gasteiger partial charge < -0.3 is 10.4 Å². The molecule has 0 aliphatic rings. The summed E-state index contributed by atoms with van der Waals surface area (Å²) in [6.45, 7) is 3.41. The maximum Gasteiger partial charge on any atom is 0.453 e. The van der Waals surface area contributed by atoms with E-state index in [1.807, 2.05) is 0 Å². The van der Waals surface area contributed by atoms with Gasteiger partial charge in [0, 0.05) is 17.1 Å². The van der Waals surface area contributed by atoms with Crippen LogP contribution in [0, 0.1) is 13.8 Å². The first-order chi connectivity index (χ1) is 12.2. The standard InChI is InChI=1S/C16H15ClF3N5O/c1-8-9(2)14-22-23-15(16(18,19)20)25(14)24-13(8)21-7-12(26)10-3-5-11(17)6-4-10/h3-6,12,26H,7H2,1-2H3,(H,21,24). The van der Waals surface area contributed by atoms with Gasteiger partial charge in [-0.1, -0.05) is 23.7 Å². The van der Waals surface area contributed by atoms with Crippen LogP contribution >= 0.6 is 11.6 Å². The third kappa shape index (κ3) is 3.45. The van der Waals surface area contributed by atoms with E-state index in [0.29, 0.717) is 26.2 Å².